The summed E-state index contributed by atoms with van der Waals surface area (Å²) >= 11 is 0. The third kappa shape index (κ3) is 2.53. The molecule has 1 atom stereocenters. The predicted octanol–water partition coefficient (Wildman–Crippen LogP) is 2.03. The number of rotatable bonds is 4. The largest absolute Gasteiger partial charge is 0.496 e. The minimum absolute atomic E-state index is 0.0360. The lowest BCUT2D eigenvalue weighted by Crippen LogP contribution is -2.37. The number of benzene rings is 2. The molecular formula is C18H16N2O5S. The van der Waals surface area contributed by atoms with Crippen molar-refractivity contribution in [1.29, 1.82) is 0 Å². The maximum absolute atomic E-state index is 12.6. The average Bonchev–Trinajstić information content (AvgIpc) is 3.20. The highest BCUT2D eigenvalue weighted by atomic mass is 32.2. The first kappa shape index (κ1) is 16.6. The van der Waals surface area contributed by atoms with Crippen LogP contribution < -0.4 is 4.74 Å². The molecule has 4 rings (SSSR count). The number of sulfonamides is 1. The molecule has 2 aromatic rings. The minimum atomic E-state index is -3.85. The molecule has 0 aliphatic carbocycles. The van der Waals surface area contributed by atoms with Gasteiger partial charge in [0, 0.05) is 12.0 Å². The van der Waals surface area contributed by atoms with E-state index in [1.54, 1.807) is 19.2 Å². The van der Waals surface area contributed by atoms with E-state index in [4.69, 9.17) is 9.57 Å². The molecule has 1 amide bonds. The molecule has 134 valence electrons. The summed E-state index contributed by atoms with van der Waals surface area (Å²) in [6.07, 6.45) is -0.154. The summed E-state index contributed by atoms with van der Waals surface area (Å²) < 4.78 is 31.4. The molecule has 2 heterocycles. The molecule has 0 bridgehead atoms. The Bertz CT molecular complexity index is 1020. The van der Waals surface area contributed by atoms with Crippen molar-refractivity contribution in [2.75, 3.05) is 13.7 Å². The van der Waals surface area contributed by atoms with Gasteiger partial charge in [0.2, 0.25) is 0 Å². The van der Waals surface area contributed by atoms with Gasteiger partial charge in [-0.15, -0.1) is 0 Å². The number of methoxy groups -OCH3 is 1. The first-order chi connectivity index (χ1) is 12.5. The molecule has 26 heavy (non-hydrogen) atoms. The lowest BCUT2D eigenvalue weighted by atomic mass is 10.0. The fraction of sp³-hybridized carbons (Fsp3) is 0.222. The number of hydrogen-bond acceptors (Lipinski definition) is 6. The number of ether oxygens (including phenoxy) is 1. The zero-order valence-corrected chi connectivity index (χ0v) is 14.8. The average molecular weight is 372 g/mol. The quantitative estimate of drug-likeness (QED) is 0.820. The molecule has 0 saturated carbocycles. The summed E-state index contributed by atoms with van der Waals surface area (Å²) in [5.74, 6) is 0.128. The zero-order chi connectivity index (χ0) is 18.3. The number of carbonyl (C=O) groups excluding carboxylic acids is 1. The lowest BCUT2D eigenvalue weighted by Gasteiger charge is -2.18. The molecule has 2 aromatic carbocycles. The smallest absolute Gasteiger partial charge is 0.269 e. The summed E-state index contributed by atoms with van der Waals surface area (Å²) in [4.78, 5) is 17.9. The van der Waals surface area contributed by atoms with Crippen LogP contribution in [0.1, 0.15) is 22.3 Å². The van der Waals surface area contributed by atoms with Gasteiger partial charge in [-0.1, -0.05) is 29.4 Å². The predicted molar refractivity (Wildman–Crippen MR) is 93.7 cm³/mol. The fourth-order valence-electron chi connectivity index (χ4n) is 3.16. The Labute approximate surface area is 150 Å². The van der Waals surface area contributed by atoms with Crippen LogP contribution in [0, 0.1) is 0 Å². The zero-order valence-electron chi connectivity index (χ0n) is 14.0. The molecule has 0 aromatic heterocycles. The van der Waals surface area contributed by atoms with Crippen molar-refractivity contribution < 1.29 is 22.8 Å². The van der Waals surface area contributed by atoms with E-state index in [1.807, 2.05) is 24.3 Å². The van der Waals surface area contributed by atoms with Gasteiger partial charge in [-0.05, 0) is 24.3 Å². The Morgan fingerprint density at radius 3 is 2.58 bits per heavy atom. The minimum Gasteiger partial charge on any atom is -0.496 e. The number of fused-ring (bicyclic) bond motifs is 1. The maximum Gasteiger partial charge on any atom is 0.269 e. The van der Waals surface area contributed by atoms with E-state index in [-0.39, 0.29) is 17.0 Å². The van der Waals surface area contributed by atoms with Crippen LogP contribution >= 0.6 is 0 Å². The Balaban J connectivity index is 1.53. The van der Waals surface area contributed by atoms with Crippen LogP contribution in [0.4, 0.5) is 0 Å². The molecule has 2 aliphatic rings. The molecule has 0 unspecified atom stereocenters. The maximum atomic E-state index is 12.6. The summed E-state index contributed by atoms with van der Waals surface area (Å²) in [6, 6.07) is 13.6. The molecule has 0 N–H and O–H groups in total. The van der Waals surface area contributed by atoms with Crippen LogP contribution in [0.15, 0.2) is 58.6 Å². The Morgan fingerprint density at radius 1 is 1.15 bits per heavy atom. The molecule has 0 spiro atoms. The first-order valence-corrected chi connectivity index (χ1v) is 9.48. The number of para-hydroxylation sites is 1. The van der Waals surface area contributed by atoms with Crippen LogP contribution in [0.25, 0.3) is 0 Å². The van der Waals surface area contributed by atoms with Gasteiger partial charge in [0.05, 0.1) is 24.9 Å². The lowest BCUT2D eigenvalue weighted by molar-refractivity contribution is 0.0599. The first-order valence-electron chi connectivity index (χ1n) is 8.04. The molecule has 7 nitrogen and oxygen atoms in total. The van der Waals surface area contributed by atoms with E-state index in [9.17, 15) is 13.2 Å². The van der Waals surface area contributed by atoms with Crippen molar-refractivity contribution in [1.82, 2.24) is 4.31 Å². The number of hydrogen-bond donors (Lipinski definition) is 0. The van der Waals surface area contributed by atoms with Gasteiger partial charge in [0.25, 0.3) is 15.9 Å². The van der Waals surface area contributed by atoms with Crippen molar-refractivity contribution in [2.24, 2.45) is 5.16 Å². The van der Waals surface area contributed by atoms with Gasteiger partial charge in [0.15, 0.2) is 6.10 Å². The van der Waals surface area contributed by atoms with Crippen LogP contribution in [0.2, 0.25) is 0 Å². The number of amides is 1. The summed E-state index contributed by atoms with van der Waals surface area (Å²) in [7, 11) is -2.28. The second kappa shape index (κ2) is 6.14. The SMILES string of the molecule is COc1ccccc1C1=NO[C@@H](CN2C(=O)c3ccccc3S2(=O)=O)C1. The van der Waals surface area contributed by atoms with Crippen LogP contribution in [-0.4, -0.2) is 44.1 Å². The van der Waals surface area contributed by atoms with E-state index < -0.39 is 22.0 Å². The fourth-order valence-corrected chi connectivity index (χ4v) is 4.77. The molecule has 8 heteroatoms. The van der Waals surface area contributed by atoms with E-state index in [1.165, 1.54) is 12.1 Å². The second-order valence-corrected chi connectivity index (χ2v) is 7.84. The summed E-state index contributed by atoms with van der Waals surface area (Å²) in [6.45, 7) is -0.0853. The number of oxime groups is 1. The molecule has 0 fully saturated rings. The third-order valence-corrected chi connectivity index (χ3v) is 6.24. The van der Waals surface area contributed by atoms with Crippen molar-refractivity contribution >= 4 is 21.6 Å². The van der Waals surface area contributed by atoms with E-state index in [0.717, 1.165) is 9.87 Å². The highest BCUT2D eigenvalue weighted by Gasteiger charge is 2.43. The van der Waals surface area contributed by atoms with Crippen molar-refractivity contribution in [3.05, 3.63) is 59.7 Å². The van der Waals surface area contributed by atoms with Crippen molar-refractivity contribution in [2.45, 2.75) is 17.4 Å². The standard InChI is InChI=1S/C18H16N2O5S/c1-24-16-8-4-2-6-13(16)15-10-12(25-19-15)11-20-18(21)14-7-3-5-9-17(14)26(20,22)23/h2-9,12H,10-11H2,1H3/t12-/m1/s1. The van der Waals surface area contributed by atoms with Gasteiger partial charge in [-0.25, -0.2) is 12.7 Å². The van der Waals surface area contributed by atoms with Gasteiger partial charge in [-0.2, -0.15) is 0 Å². The Morgan fingerprint density at radius 2 is 1.85 bits per heavy atom. The molecular weight excluding hydrogens is 356 g/mol. The van der Waals surface area contributed by atoms with Crippen LogP contribution in [0.3, 0.4) is 0 Å². The van der Waals surface area contributed by atoms with Gasteiger partial charge >= 0.3 is 0 Å². The van der Waals surface area contributed by atoms with Gasteiger partial charge in [0.1, 0.15) is 10.6 Å². The van der Waals surface area contributed by atoms with E-state index in [2.05, 4.69) is 5.16 Å². The van der Waals surface area contributed by atoms with E-state index >= 15 is 0 Å². The highest BCUT2D eigenvalue weighted by Crippen LogP contribution is 2.32. The second-order valence-electron chi connectivity index (χ2n) is 6.01. The monoisotopic (exact) mass is 372 g/mol. The number of nitrogens with zero attached hydrogens (tertiary/aromatic N) is 2. The summed E-state index contributed by atoms with van der Waals surface area (Å²) in [5, 5.41) is 4.06. The normalized spacial score (nSPS) is 20.5. The van der Waals surface area contributed by atoms with Gasteiger partial charge < -0.3 is 9.57 Å². The van der Waals surface area contributed by atoms with E-state index in [0.29, 0.717) is 17.9 Å². The van der Waals surface area contributed by atoms with Crippen LogP contribution in [0.5, 0.6) is 5.75 Å². The molecule has 2 aliphatic heterocycles. The highest BCUT2D eigenvalue weighted by molar-refractivity contribution is 7.90. The molecule has 0 saturated heterocycles. The van der Waals surface area contributed by atoms with Crippen molar-refractivity contribution in [3.8, 4) is 5.75 Å². The van der Waals surface area contributed by atoms with Crippen LogP contribution in [-0.2, 0) is 14.9 Å². The Kier molecular flexibility index (Phi) is 3.91. The van der Waals surface area contributed by atoms with Gasteiger partial charge in [-0.3, -0.25) is 4.79 Å². The van der Waals surface area contributed by atoms with Crippen molar-refractivity contribution in [3.63, 3.8) is 0 Å². The third-order valence-electron chi connectivity index (χ3n) is 4.43. The topological polar surface area (TPSA) is 85.3 Å². The summed E-state index contributed by atoms with van der Waals surface area (Å²) in [5.41, 5.74) is 1.64. The molecule has 0 radical (unpaired) electrons. The Hall–Kier alpha value is -2.87. The number of carbonyl (C=O) groups is 1.